The number of aromatic nitrogens is 1. The van der Waals surface area contributed by atoms with Crippen LogP contribution in [-0.4, -0.2) is 34.8 Å². The SMILES string of the molecule is C#Cc1cnc2c(C)cc(OC(SC)C(=O)NC(C)(C#N)CF)cc2c1. The van der Waals surface area contributed by atoms with E-state index in [-0.39, 0.29) is 0 Å². The zero-order chi connectivity index (χ0) is 19.3. The third-order valence-corrected chi connectivity index (χ3v) is 4.44. The van der Waals surface area contributed by atoms with E-state index < -0.39 is 23.6 Å². The first kappa shape index (κ1) is 19.6. The number of halogens is 1. The van der Waals surface area contributed by atoms with Crippen molar-refractivity contribution in [1.82, 2.24) is 10.3 Å². The third-order valence-electron chi connectivity index (χ3n) is 3.70. The van der Waals surface area contributed by atoms with Gasteiger partial charge in [0, 0.05) is 17.1 Å². The second-order valence-electron chi connectivity index (χ2n) is 5.93. The van der Waals surface area contributed by atoms with Gasteiger partial charge in [-0.15, -0.1) is 18.2 Å². The molecule has 0 aliphatic carbocycles. The maximum Gasteiger partial charge on any atom is 0.273 e. The number of thioether (sulfide) groups is 1. The van der Waals surface area contributed by atoms with Crippen LogP contribution in [-0.2, 0) is 4.79 Å². The van der Waals surface area contributed by atoms with Gasteiger partial charge in [0.2, 0.25) is 5.44 Å². The molecule has 1 heterocycles. The van der Waals surface area contributed by atoms with Crippen LogP contribution < -0.4 is 10.1 Å². The lowest BCUT2D eigenvalue weighted by Gasteiger charge is -2.23. The molecule has 5 nitrogen and oxygen atoms in total. The Morgan fingerprint density at radius 1 is 1.54 bits per heavy atom. The molecule has 0 saturated carbocycles. The standard InChI is InChI=1S/C19H18FN3O2S/c1-5-13-7-14-8-15(6-12(2)16(14)22-9-13)25-18(26-4)17(24)23-19(3,10-20)11-21/h1,6-9,18H,10H2,2-4H3,(H,23,24). The second kappa shape index (κ2) is 8.07. The Hall–Kier alpha value is -2.77. The van der Waals surface area contributed by atoms with Crippen molar-refractivity contribution in [3.05, 3.63) is 35.5 Å². The number of benzene rings is 1. The number of hydrogen-bond acceptors (Lipinski definition) is 5. The van der Waals surface area contributed by atoms with Gasteiger partial charge in [-0.05, 0) is 43.9 Å². The molecule has 2 atom stereocenters. The van der Waals surface area contributed by atoms with Gasteiger partial charge in [-0.25, -0.2) is 4.39 Å². The molecule has 2 unspecified atom stereocenters. The van der Waals surface area contributed by atoms with Crippen LogP contribution in [0, 0.1) is 30.6 Å². The van der Waals surface area contributed by atoms with Gasteiger partial charge in [-0.3, -0.25) is 9.78 Å². The van der Waals surface area contributed by atoms with Crippen LogP contribution >= 0.6 is 11.8 Å². The lowest BCUT2D eigenvalue weighted by molar-refractivity contribution is -0.125. The summed E-state index contributed by atoms with van der Waals surface area (Å²) in [6.45, 7) is 2.20. The molecule has 0 aliphatic heterocycles. The highest BCUT2D eigenvalue weighted by atomic mass is 32.2. The van der Waals surface area contributed by atoms with E-state index in [4.69, 9.17) is 16.4 Å². The van der Waals surface area contributed by atoms with Crippen LogP contribution in [0.3, 0.4) is 0 Å². The summed E-state index contributed by atoms with van der Waals surface area (Å²) in [5.41, 5.74) is -0.224. The zero-order valence-electron chi connectivity index (χ0n) is 14.7. The Balaban J connectivity index is 2.29. The third kappa shape index (κ3) is 4.25. The van der Waals surface area contributed by atoms with Crippen LogP contribution in [0.2, 0.25) is 0 Å². The summed E-state index contributed by atoms with van der Waals surface area (Å²) in [5.74, 6) is 2.41. The van der Waals surface area contributed by atoms with Crippen LogP contribution in [0.15, 0.2) is 24.4 Å². The number of nitrogens with zero attached hydrogens (tertiary/aromatic N) is 2. The minimum Gasteiger partial charge on any atom is -0.470 e. The summed E-state index contributed by atoms with van der Waals surface area (Å²) >= 11 is 1.14. The predicted octanol–water partition coefficient (Wildman–Crippen LogP) is 2.96. The van der Waals surface area contributed by atoms with Crippen molar-refractivity contribution >= 4 is 28.6 Å². The Bertz CT molecular complexity index is 919. The topological polar surface area (TPSA) is 75.0 Å². The number of nitrogens with one attached hydrogen (secondary N) is 1. The number of fused-ring (bicyclic) bond motifs is 1. The molecule has 1 aromatic carbocycles. The van der Waals surface area contributed by atoms with Gasteiger partial charge in [-0.2, -0.15) is 5.26 Å². The highest BCUT2D eigenvalue weighted by Crippen LogP contribution is 2.26. The summed E-state index contributed by atoms with van der Waals surface area (Å²) in [6, 6.07) is 7.07. The van der Waals surface area contributed by atoms with Gasteiger partial charge < -0.3 is 10.1 Å². The summed E-state index contributed by atoms with van der Waals surface area (Å²) in [5, 5.41) is 12.2. The molecule has 2 aromatic rings. The number of ether oxygens (including phenoxy) is 1. The monoisotopic (exact) mass is 371 g/mol. The molecule has 0 saturated heterocycles. The molecule has 7 heteroatoms. The van der Waals surface area contributed by atoms with E-state index in [0.717, 1.165) is 28.2 Å². The molecule has 1 amide bonds. The van der Waals surface area contributed by atoms with E-state index in [0.29, 0.717) is 11.3 Å². The molecular formula is C19H18FN3O2S. The number of aryl methyl sites for hydroxylation is 1. The Morgan fingerprint density at radius 2 is 2.27 bits per heavy atom. The second-order valence-corrected chi connectivity index (χ2v) is 6.83. The molecule has 26 heavy (non-hydrogen) atoms. The van der Waals surface area contributed by atoms with Gasteiger partial charge in [0.15, 0.2) is 5.54 Å². The molecular weight excluding hydrogens is 353 g/mol. The van der Waals surface area contributed by atoms with Gasteiger partial charge in [0.05, 0.1) is 11.6 Å². The van der Waals surface area contributed by atoms with Gasteiger partial charge in [-0.1, -0.05) is 5.92 Å². The first-order valence-electron chi connectivity index (χ1n) is 7.71. The zero-order valence-corrected chi connectivity index (χ0v) is 15.5. The van der Waals surface area contributed by atoms with Crippen LogP contribution in [0.5, 0.6) is 5.75 Å². The van der Waals surface area contributed by atoms with Crippen molar-refractivity contribution in [1.29, 1.82) is 5.26 Å². The Kier molecular flexibility index (Phi) is 6.07. The predicted molar refractivity (Wildman–Crippen MR) is 100 cm³/mol. The van der Waals surface area contributed by atoms with E-state index >= 15 is 0 Å². The number of terminal acetylenes is 1. The number of carbonyl (C=O) groups is 1. The maximum absolute atomic E-state index is 13.0. The molecule has 0 aliphatic rings. The fourth-order valence-electron chi connectivity index (χ4n) is 2.30. The highest BCUT2D eigenvalue weighted by Gasteiger charge is 2.30. The van der Waals surface area contributed by atoms with Crippen molar-refractivity contribution in [2.24, 2.45) is 0 Å². The number of hydrogen-bond donors (Lipinski definition) is 1. The van der Waals surface area contributed by atoms with Crippen LogP contribution in [0.1, 0.15) is 18.1 Å². The number of rotatable bonds is 6. The van der Waals surface area contributed by atoms with Crippen LogP contribution in [0.25, 0.3) is 10.9 Å². The number of carbonyl (C=O) groups excluding carboxylic acids is 1. The van der Waals surface area contributed by atoms with Gasteiger partial charge in [0.25, 0.3) is 5.91 Å². The number of amides is 1. The minimum atomic E-state index is -1.58. The van der Waals surface area contributed by atoms with Crippen molar-refractivity contribution in [2.75, 3.05) is 12.9 Å². The smallest absolute Gasteiger partial charge is 0.273 e. The van der Waals surface area contributed by atoms with Crippen molar-refractivity contribution in [2.45, 2.75) is 24.8 Å². The van der Waals surface area contributed by atoms with Crippen molar-refractivity contribution < 1.29 is 13.9 Å². The fraction of sp³-hybridized carbons (Fsp3) is 0.316. The van der Waals surface area contributed by atoms with Crippen LogP contribution in [0.4, 0.5) is 4.39 Å². The molecule has 0 radical (unpaired) electrons. The minimum absolute atomic E-state index is 0.458. The fourth-order valence-corrected chi connectivity index (χ4v) is 2.78. The average molecular weight is 371 g/mol. The van der Waals surface area contributed by atoms with E-state index in [2.05, 4.69) is 16.2 Å². The summed E-state index contributed by atoms with van der Waals surface area (Å²) in [7, 11) is 0. The van der Waals surface area contributed by atoms with E-state index in [9.17, 15) is 9.18 Å². The van der Waals surface area contributed by atoms with E-state index in [1.165, 1.54) is 6.92 Å². The largest absolute Gasteiger partial charge is 0.470 e. The molecule has 0 fully saturated rings. The molecule has 1 N–H and O–H groups in total. The van der Waals surface area contributed by atoms with Crippen molar-refractivity contribution in [3.63, 3.8) is 0 Å². The lowest BCUT2D eigenvalue weighted by Crippen LogP contribution is -2.50. The molecule has 0 spiro atoms. The quantitative estimate of drug-likeness (QED) is 0.624. The van der Waals surface area contributed by atoms with Gasteiger partial charge >= 0.3 is 0 Å². The Morgan fingerprint density at radius 3 is 2.85 bits per heavy atom. The first-order chi connectivity index (χ1) is 12.4. The highest BCUT2D eigenvalue weighted by molar-refractivity contribution is 7.99. The number of alkyl halides is 1. The van der Waals surface area contributed by atoms with E-state index in [1.54, 1.807) is 30.7 Å². The molecule has 0 bridgehead atoms. The summed E-state index contributed by atoms with van der Waals surface area (Å²) < 4.78 is 18.8. The lowest BCUT2D eigenvalue weighted by atomic mass is 10.1. The molecule has 134 valence electrons. The van der Waals surface area contributed by atoms with Gasteiger partial charge in [0.1, 0.15) is 12.4 Å². The summed E-state index contributed by atoms with van der Waals surface area (Å²) in [4.78, 5) is 16.7. The summed E-state index contributed by atoms with van der Waals surface area (Å²) in [6.07, 6.45) is 8.72. The normalized spacial score (nSPS) is 13.9. The average Bonchev–Trinajstić information content (AvgIpc) is 2.65. The molecule has 2 rings (SSSR count). The van der Waals surface area contributed by atoms with E-state index in [1.807, 2.05) is 13.0 Å². The first-order valence-corrected chi connectivity index (χ1v) is 9.00. The maximum atomic E-state index is 13.0. The number of nitriles is 1. The Labute approximate surface area is 155 Å². The molecule has 1 aromatic heterocycles. The van der Waals surface area contributed by atoms with Crippen molar-refractivity contribution in [3.8, 4) is 24.2 Å². The number of pyridine rings is 1.